The largest absolute Gasteiger partial charge is 0.496 e. The molecule has 1 atom stereocenters. The molecule has 7 nitrogen and oxygen atoms in total. The van der Waals surface area contributed by atoms with Crippen LogP contribution in [0.25, 0.3) is 11.3 Å². The first-order chi connectivity index (χ1) is 16.0. The van der Waals surface area contributed by atoms with E-state index >= 15 is 0 Å². The quantitative estimate of drug-likeness (QED) is 0.426. The van der Waals surface area contributed by atoms with Crippen LogP contribution in [0.15, 0.2) is 53.7 Å². The van der Waals surface area contributed by atoms with Gasteiger partial charge in [0.15, 0.2) is 5.69 Å². The van der Waals surface area contributed by atoms with Crippen LogP contribution in [0.5, 0.6) is 11.6 Å². The number of anilines is 1. The molecule has 0 unspecified atom stereocenters. The molecule has 0 spiro atoms. The monoisotopic (exact) mass is 464 g/mol. The number of nitrogens with zero attached hydrogens (tertiary/aromatic N) is 4. The van der Waals surface area contributed by atoms with Crippen LogP contribution in [-0.2, 0) is 4.79 Å². The fraction of sp³-hybridized carbons (Fsp3) is 0.360. The van der Waals surface area contributed by atoms with Gasteiger partial charge >= 0.3 is 0 Å². The molecular weight excluding hydrogens is 436 g/mol. The average Bonchev–Trinajstić information content (AvgIpc) is 2.97. The van der Waals surface area contributed by atoms with Gasteiger partial charge in [-0.15, -0.1) is 10.2 Å². The van der Waals surface area contributed by atoms with E-state index < -0.39 is 6.23 Å². The topological polar surface area (TPSA) is 77.4 Å². The van der Waals surface area contributed by atoms with Crippen LogP contribution in [0.2, 0.25) is 0 Å². The number of hydrogen-bond acceptors (Lipinski definition) is 7. The van der Waals surface area contributed by atoms with Gasteiger partial charge in [0.25, 0.3) is 0 Å². The van der Waals surface area contributed by atoms with Crippen molar-refractivity contribution in [1.29, 1.82) is 0 Å². The normalized spacial score (nSPS) is 14.8. The Morgan fingerprint density at radius 2 is 1.91 bits per heavy atom. The number of rotatable bonds is 7. The van der Waals surface area contributed by atoms with Gasteiger partial charge in [-0.25, -0.2) is 0 Å². The summed E-state index contributed by atoms with van der Waals surface area (Å²) >= 11 is 1.54. The molecule has 1 aromatic heterocycles. The fourth-order valence-corrected chi connectivity index (χ4v) is 4.42. The van der Waals surface area contributed by atoms with Crippen LogP contribution in [0.3, 0.4) is 0 Å². The van der Waals surface area contributed by atoms with Gasteiger partial charge in [-0.1, -0.05) is 62.9 Å². The van der Waals surface area contributed by atoms with Crippen LogP contribution < -0.4 is 14.4 Å². The Kier molecular flexibility index (Phi) is 7.13. The number of ether oxygens (including phenoxy) is 2. The molecule has 172 valence electrons. The molecule has 2 heterocycles. The predicted octanol–water partition coefficient (Wildman–Crippen LogP) is 5.52. The number of hydrogen-bond donors (Lipinski definition) is 0. The summed E-state index contributed by atoms with van der Waals surface area (Å²) in [6, 6.07) is 15.2. The minimum absolute atomic E-state index is 0.0453. The second kappa shape index (κ2) is 10.2. The SMILES string of the molecule is CCCC(=O)N1c2ccccc2-c2nnc(SCC(C)C)nc2O[C@@H]1c1ccccc1OC. The highest BCUT2D eigenvalue weighted by Crippen LogP contribution is 2.45. The van der Waals surface area contributed by atoms with Crippen molar-refractivity contribution in [2.45, 2.75) is 45.0 Å². The number of aromatic nitrogens is 3. The van der Waals surface area contributed by atoms with Gasteiger partial charge in [0.2, 0.25) is 23.2 Å². The molecule has 0 fully saturated rings. The average molecular weight is 465 g/mol. The van der Waals surface area contributed by atoms with Gasteiger partial charge in [0.05, 0.1) is 18.4 Å². The first kappa shape index (κ1) is 23.0. The van der Waals surface area contributed by atoms with Crippen molar-refractivity contribution in [1.82, 2.24) is 15.2 Å². The molecule has 2 aromatic carbocycles. The van der Waals surface area contributed by atoms with Crippen LogP contribution in [0.4, 0.5) is 5.69 Å². The van der Waals surface area contributed by atoms with E-state index in [0.717, 1.165) is 23.3 Å². The summed E-state index contributed by atoms with van der Waals surface area (Å²) in [5, 5.41) is 9.37. The maximum atomic E-state index is 13.4. The van der Waals surface area contributed by atoms with Gasteiger partial charge in [-0.05, 0) is 30.5 Å². The van der Waals surface area contributed by atoms with Crippen LogP contribution in [0.1, 0.15) is 45.4 Å². The molecule has 0 aliphatic carbocycles. The molecular formula is C25H28N4O3S. The van der Waals surface area contributed by atoms with Crippen molar-refractivity contribution < 1.29 is 14.3 Å². The lowest BCUT2D eigenvalue weighted by atomic mass is 10.1. The molecule has 0 radical (unpaired) electrons. The third-order valence-corrected chi connectivity index (χ3v) is 6.46. The molecule has 1 amide bonds. The molecule has 3 aromatic rings. The molecule has 4 rings (SSSR count). The summed E-state index contributed by atoms with van der Waals surface area (Å²) in [6.07, 6.45) is 0.341. The third-order valence-electron chi connectivity index (χ3n) is 5.20. The molecule has 0 N–H and O–H groups in total. The van der Waals surface area contributed by atoms with E-state index in [2.05, 4.69) is 24.0 Å². The van der Waals surface area contributed by atoms with Crippen LogP contribution >= 0.6 is 11.8 Å². The predicted molar refractivity (Wildman–Crippen MR) is 130 cm³/mol. The van der Waals surface area contributed by atoms with E-state index in [1.807, 2.05) is 55.5 Å². The highest BCUT2D eigenvalue weighted by atomic mass is 32.2. The Morgan fingerprint density at radius 1 is 1.15 bits per heavy atom. The van der Waals surface area contributed by atoms with E-state index in [1.165, 1.54) is 11.8 Å². The van der Waals surface area contributed by atoms with Gasteiger partial charge in [-0.2, -0.15) is 4.98 Å². The molecule has 33 heavy (non-hydrogen) atoms. The van der Waals surface area contributed by atoms with E-state index in [1.54, 1.807) is 12.0 Å². The summed E-state index contributed by atoms with van der Waals surface area (Å²) in [4.78, 5) is 19.8. The lowest BCUT2D eigenvalue weighted by Crippen LogP contribution is -2.37. The fourth-order valence-electron chi connectivity index (χ4n) is 3.69. The number of para-hydroxylation sites is 2. The van der Waals surface area contributed by atoms with E-state index in [9.17, 15) is 4.79 Å². The molecule has 8 heteroatoms. The summed E-state index contributed by atoms with van der Waals surface area (Å²) < 4.78 is 12.1. The molecule has 0 bridgehead atoms. The van der Waals surface area contributed by atoms with Crippen molar-refractivity contribution in [2.75, 3.05) is 17.8 Å². The minimum Gasteiger partial charge on any atom is -0.496 e. The lowest BCUT2D eigenvalue weighted by Gasteiger charge is -2.31. The molecule has 0 saturated carbocycles. The minimum atomic E-state index is -0.762. The Balaban J connectivity index is 1.90. The zero-order valence-electron chi connectivity index (χ0n) is 19.3. The summed E-state index contributed by atoms with van der Waals surface area (Å²) in [7, 11) is 1.61. The molecule has 1 aliphatic heterocycles. The first-order valence-corrected chi connectivity index (χ1v) is 12.1. The standard InChI is InChI=1S/C25H28N4O3S/c1-5-10-21(30)29-19-13-8-6-11-17(19)22-23(26-25(28-27-22)33-15-16(2)3)32-24(29)18-12-7-9-14-20(18)31-4/h6-9,11-14,16,24H,5,10,15H2,1-4H3/t24-/m1/s1. The number of amides is 1. The summed E-state index contributed by atoms with van der Waals surface area (Å²) in [5.41, 5.74) is 2.73. The Morgan fingerprint density at radius 3 is 2.67 bits per heavy atom. The van der Waals surface area contributed by atoms with Crippen molar-refractivity contribution >= 4 is 23.4 Å². The summed E-state index contributed by atoms with van der Waals surface area (Å²) in [5.74, 6) is 2.30. The first-order valence-electron chi connectivity index (χ1n) is 11.1. The maximum Gasteiger partial charge on any atom is 0.247 e. The van der Waals surface area contributed by atoms with E-state index in [0.29, 0.717) is 40.5 Å². The van der Waals surface area contributed by atoms with Crippen molar-refractivity contribution in [3.05, 3.63) is 54.1 Å². The number of thioether (sulfide) groups is 1. The third kappa shape index (κ3) is 4.80. The Labute approximate surface area is 198 Å². The zero-order chi connectivity index (χ0) is 23.4. The lowest BCUT2D eigenvalue weighted by molar-refractivity contribution is -0.120. The highest BCUT2D eigenvalue weighted by molar-refractivity contribution is 7.99. The number of methoxy groups -OCH3 is 1. The second-order valence-corrected chi connectivity index (χ2v) is 9.18. The van der Waals surface area contributed by atoms with Crippen LogP contribution in [-0.4, -0.2) is 34.0 Å². The molecule has 0 saturated heterocycles. The highest BCUT2D eigenvalue weighted by Gasteiger charge is 2.36. The van der Waals surface area contributed by atoms with Gasteiger partial charge in [-0.3, -0.25) is 9.69 Å². The smallest absolute Gasteiger partial charge is 0.247 e. The van der Waals surface area contributed by atoms with E-state index in [-0.39, 0.29) is 5.91 Å². The van der Waals surface area contributed by atoms with Gasteiger partial charge in [0, 0.05) is 17.7 Å². The number of carbonyl (C=O) groups excluding carboxylic acids is 1. The van der Waals surface area contributed by atoms with Crippen LogP contribution in [0, 0.1) is 5.92 Å². The maximum absolute atomic E-state index is 13.4. The zero-order valence-corrected chi connectivity index (χ0v) is 20.1. The second-order valence-electron chi connectivity index (χ2n) is 8.20. The summed E-state index contributed by atoms with van der Waals surface area (Å²) in [6.45, 7) is 6.28. The van der Waals surface area contributed by atoms with Crippen molar-refractivity contribution in [3.8, 4) is 22.9 Å². The molecule has 1 aliphatic rings. The number of fused-ring (bicyclic) bond motifs is 3. The van der Waals surface area contributed by atoms with E-state index in [4.69, 9.17) is 14.5 Å². The van der Waals surface area contributed by atoms with Gasteiger partial charge < -0.3 is 9.47 Å². The number of carbonyl (C=O) groups is 1. The Bertz CT molecular complexity index is 1140. The van der Waals surface area contributed by atoms with Gasteiger partial charge in [0.1, 0.15) is 5.75 Å². The van der Waals surface area contributed by atoms with Crippen molar-refractivity contribution in [3.63, 3.8) is 0 Å². The Hall–Kier alpha value is -3.13. The number of benzene rings is 2. The van der Waals surface area contributed by atoms with Crippen molar-refractivity contribution in [2.24, 2.45) is 5.92 Å².